The molecule has 2 heterocycles. The van der Waals surface area contributed by atoms with Crippen LogP contribution >= 0.6 is 0 Å². The van der Waals surface area contributed by atoms with Gasteiger partial charge in [0.2, 0.25) is 0 Å². The number of hydrogen-bond acceptors (Lipinski definition) is 4. The highest BCUT2D eigenvalue weighted by Crippen LogP contribution is 2.24. The lowest BCUT2D eigenvalue weighted by Gasteiger charge is -2.18. The maximum absolute atomic E-state index is 12.6. The number of hydrogen-bond donors (Lipinski definition) is 1. The van der Waals surface area contributed by atoms with Crippen molar-refractivity contribution in [3.05, 3.63) is 41.7 Å². The van der Waals surface area contributed by atoms with Crippen molar-refractivity contribution in [2.24, 2.45) is 0 Å². The number of nitrogens with two attached hydrogens (primary N) is 1. The van der Waals surface area contributed by atoms with Crippen LogP contribution in [0.4, 0.5) is 5.69 Å². The van der Waals surface area contributed by atoms with Gasteiger partial charge in [0.05, 0.1) is 12.2 Å². The van der Waals surface area contributed by atoms with E-state index in [1.54, 1.807) is 15.8 Å². The summed E-state index contributed by atoms with van der Waals surface area (Å²) in [4.78, 5) is 14.4. The lowest BCUT2D eigenvalue weighted by molar-refractivity contribution is 0.0727. The lowest BCUT2D eigenvalue weighted by atomic mass is 10.2. The van der Waals surface area contributed by atoms with Crippen LogP contribution in [0.3, 0.4) is 0 Å². The number of benzene rings is 1. The molecule has 0 saturated carbocycles. The maximum Gasteiger partial charge on any atom is 0.276 e. The van der Waals surface area contributed by atoms with E-state index in [1.807, 2.05) is 31.2 Å². The van der Waals surface area contributed by atoms with E-state index < -0.39 is 0 Å². The van der Waals surface area contributed by atoms with Gasteiger partial charge < -0.3 is 15.4 Å². The van der Waals surface area contributed by atoms with Crippen LogP contribution in [0, 0.1) is 0 Å². The Morgan fingerprint density at radius 1 is 1.43 bits per heavy atom. The standard InChI is InChI=1S/C15H18N4O2/c1-2-19-10-12(16)14(17-19)15(20)18-7-8-21-13-6-4-3-5-11(13)9-18/h3-6,10H,2,7-9,16H2,1H3. The molecule has 21 heavy (non-hydrogen) atoms. The van der Waals surface area contributed by atoms with Gasteiger partial charge in [0.1, 0.15) is 12.4 Å². The summed E-state index contributed by atoms with van der Waals surface area (Å²) in [6, 6.07) is 7.76. The molecule has 0 atom stereocenters. The number of ether oxygens (including phenoxy) is 1. The van der Waals surface area contributed by atoms with E-state index in [4.69, 9.17) is 10.5 Å². The SMILES string of the molecule is CCn1cc(N)c(C(=O)N2CCOc3ccccc3C2)n1. The van der Waals surface area contributed by atoms with Crippen molar-refractivity contribution < 1.29 is 9.53 Å². The number of aryl methyl sites for hydroxylation is 1. The molecule has 2 aromatic rings. The minimum Gasteiger partial charge on any atom is -0.491 e. The van der Waals surface area contributed by atoms with Gasteiger partial charge in [-0.25, -0.2) is 0 Å². The smallest absolute Gasteiger partial charge is 0.276 e. The third-order valence-electron chi connectivity index (χ3n) is 3.56. The number of nitrogens with zero attached hydrogens (tertiary/aromatic N) is 3. The first-order valence-electron chi connectivity index (χ1n) is 7.02. The average Bonchev–Trinajstić information content (AvgIpc) is 2.75. The number of fused-ring (bicyclic) bond motifs is 1. The van der Waals surface area contributed by atoms with E-state index in [2.05, 4.69) is 5.10 Å². The number of nitrogen functional groups attached to an aromatic ring is 1. The molecule has 1 aromatic heterocycles. The molecule has 0 unspecified atom stereocenters. The molecule has 6 nitrogen and oxygen atoms in total. The van der Waals surface area contributed by atoms with E-state index >= 15 is 0 Å². The highest BCUT2D eigenvalue weighted by molar-refractivity contribution is 5.97. The molecule has 1 aromatic carbocycles. The van der Waals surface area contributed by atoms with Crippen molar-refractivity contribution in [3.8, 4) is 5.75 Å². The molecular formula is C15H18N4O2. The van der Waals surface area contributed by atoms with Crippen LogP contribution in [0.15, 0.2) is 30.5 Å². The van der Waals surface area contributed by atoms with E-state index in [-0.39, 0.29) is 5.91 Å². The minimum atomic E-state index is -0.153. The van der Waals surface area contributed by atoms with Crippen molar-refractivity contribution in [2.45, 2.75) is 20.0 Å². The first-order chi connectivity index (χ1) is 10.2. The zero-order chi connectivity index (χ0) is 14.8. The molecule has 0 aliphatic carbocycles. The highest BCUT2D eigenvalue weighted by atomic mass is 16.5. The van der Waals surface area contributed by atoms with Crippen molar-refractivity contribution >= 4 is 11.6 Å². The number of para-hydroxylation sites is 1. The Bertz CT molecular complexity index is 665. The molecule has 1 aliphatic rings. The van der Waals surface area contributed by atoms with Crippen molar-refractivity contribution in [3.63, 3.8) is 0 Å². The normalized spacial score (nSPS) is 14.2. The van der Waals surface area contributed by atoms with Crippen LogP contribution in [-0.2, 0) is 13.1 Å². The number of carbonyl (C=O) groups excluding carboxylic acids is 1. The third kappa shape index (κ3) is 2.56. The predicted octanol–water partition coefficient (Wildman–Crippen LogP) is 1.52. The van der Waals surface area contributed by atoms with E-state index in [0.717, 1.165) is 11.3 Å². The fraction of sp³-hybridized carbons (Fsp3) is 0.333. The third-order valence-corrected chi connectivity index (χ3v) is 3.56. The van der Waals surface area contributed by atoms with Crippen LogP contribution in [0.1, 0.15) is 23.0 Å². The molecule has 110 valence electrons. The van der Waals surface area contributed by atoms with Gasteiger partial charge >= 0.3 is 0 Å². The summed E-state index contributed by atoms with van der Waals surface area (Å²) in [6.07, 6.45) is 1.69. The molecule has 0 bridgehead atoms. The topological polar surface area (TPSA) is 73.4 Å². The summed E-state index contributed by atoms with van der Waals surface area (Å²) in [5.74, 6) is 0.680. The quantitative estimate of drug-likeness (QED) is 0.908. The number of anilines is 1. The van der Waals surface area contributed by atoms with Gasteiger partial charge in [-0.15, -0.1) is 0 Å². The summed E-state index contributed by atoms with van der Waals surface area (Å²) >= 11 is 0. The van der Waals surface area contributed by atoms with Crippen LogP contribution < -0.4 is 10.5 Å². The van der Waals surface area contributed by atoms with Gasteiger partial charge in [-0.2, -0.15) is 5.10 Å². The molecule has 3 rings (SSSR count). The predicted molar refractivity (Wildman–Crippen MR) is 79.0 cm³/mol. The monoisotopic (exact) mass is 286 g/mol. The van der Waals surface area contributed by atoms with Gasteiger partial charge in [-0.3, -0.25) is 9.48 Å². The van der Waals surface area contributed by atoms with E-state index in [1.165, 1.54) is 0 Å². The van der Waals surface area contributed by atoms with Gasteiger partial charge in [-0.1, -0.05) is 18.2 Å². The summed E-state index contributed by atoms with van der Waals surface area (Å²) in [7, 11) is 0. The average molecular weight is 286 g/mol. The lowest BCUT2D eigenvalue weighted by Crippen LogP contribution is -2.33. The minimum absolute atomic E-state index is 0.153. The van der Waals surface area contributed by atoms with Crippen LogP contribution in [0.5, 0.6) is 5.75 Å². The second-order valence-electron chi connectivity index (χ2n) is 4.97. The Balaban J connectivity index is 1.86. The molecule has 0 spiro atoms. The zero-order valence-corrected chi connectivity index (χ0v) is 12.0. The molecule has 0 radical (unpaired) electrons. The largest absolute Gasteiger partial charge is 0.491 e. The number of rotatable bonds is 2. The van der Waals surface area contributed by atoms with Crippen molar-refractivity contribution in [1.29, 1.82) is 0 Å². The van der Waals surface area contributed by atoms with Crippen LogP contribution in [0.25, 0.3) is 0 Å². The Hall–Kier alpha value is -2.50. The van der Waals surface area contributed by atoms with Gasteiger partial charge in [0.15, 0.2) is 5.69 Å². The molecule has 1 aliphatic heterocycles. The van der Waals surface area contributed by atoms with Gasteiger partial charge in [0, 0.05) is 24.8 Å². The van der Waals surface area contributed by atoms with Crippen LogP contribution in [-0.4, -0.2) is 33.7 Å². The fourth-order valence-corrected chi connectivity index (χ4v) is 2.41. The molecule has 0 saturated heterocycles. The molecule has 6 heteroatoms. The van der Waals surface area contributed by atoms with E-state index in [0.29, 0.717) is 37.6 Å². The number of amides is 1. The Morgan fingerprint density at radius 2 is 2.24 bits per heavy atom. The van der Waals surface area contributed by atoms with Gasteiger partial charge in [0.25, 0.3) is 5.91 Å². The maximum atomic E-state index is 12.6. The van der Waals surface area contributed by atoms with Crippen LogP contribution in [0.2, 0.25) is 0 Å². The summed E-state index contributed by atoms with van der Waals surface area (Å²) in [5, 5.41) is 4.25. The zero-order valence-electron chi connectivity index (χ0n) is 12.0. The fourth-order valence-electron chi connectivity index (χ4n) is 2.41. The summed E-state index contributed by atoms with van der Waals surface area (Å²) < 4.78 is 7.34. The highest BCUT2D eigenvalue weighted by Gasteiger charge is 2.24. The Kier molecular flexibility index (Phi) is 3.51. The number of aromatic nitrogens is 2. The molecule has 0 fully saturated rings. The van der Waals surface area contributed by atoms with Crippen molar-refractivity contribution in [1.82, 2.24) is 14.7 Å². The van der Waals surface area contributed by atoms with E-state index in [9.17, 15) is 4.79 Å². The molecule has 2 N–H and O–H groups in total. The summed E-state index contributed by atoms with van der Waals surface area (Å²) in [5.41, 5.74) is 7.63. The summed E-state index contributed by atoms with van der Waals surface area (Å²) in [6.45, 7) is 4.14. The Morgan fingerprint density at radius 3 is 3.00 bits per heavy atom. The second-order valence-corrected chi connectivity index (χ2v) is 4.97. The second kappa shape index (κ2) is 5.47. The number of carbonyl (C=O) groups is 1. The molecular weight excluding hydrogens is 268 g/mol. The van der Waals surface area contributed by atoms with Gasteiger partial charge in [-0.05, 0) is 13.0 Å². The Labute approximate surface area is 123 Å². The first-order valence-corrected chi connectivity index (χ1v) is 7.02. The van der Waals surface area contributed by atoms with Crippen molar-refractivity contribution in [2.75, 3.05) is 18.9 Å². The first kappa shape index (κ1) is 13.5. The molecule has 1 amide bonds.